The van der Waals surface area contributed by atoms with Crippen LogP contribution in [-0.2, 0) is 0 Å². The van der Waals surface area contributed by atoms with E-state index in [2.05, 4.69) is 10.2 Å². The van der Waals surface area contributed by atoms with Crippen molar-refractivity contribution >= 4 is 17.3 Å². The van der Waals surface area contributed by atoms with E-state index in [1.165, 1.54) is 12.1 Å². The third-order valence-corrected chi connectivity index (χ3v) is 1.20. The first-order valence-corrected chi connectivity index (χ1v) is 2.96. The van der Waals surface area contributed by atoms with Crippen molar-refractivity contribution in [3.8, 4) is 0 Å². The summed E-state index contributed by atoms with van der Waals surface area (Å²) in [5, 5.41) is 19.3. The van der Waals surface area contributed by atoms with Crippen molar-refractivity contribution < 1.29 is 10.4 Å². The zero-order valence-electron chi connectivity index (χ0n) is 5.85. The molecule has 1 heterocycles. The lowest BCUT2D eigenvalue weighted by molar-refractivity contribution is 0.384. The minimum atomic E-state index is -0.239. The van der Waals surface area contributed by atoms with E-state index in [0.717, 1.165) is 0 Å². The summed E-state index contributed by atoms with van der Waals surface area (Å²) < 4.78 is 0. The number of nitrogens with zero attached hydrogens (tertiary/aromatic N) is 2. The van der Waals surface area contributed by atoms with Crippen molar-refractivity contribution in [1.82, 2.24) is 4.98 Å². The van der Waals surface area contributed by atoms with Gasteiger partial charge in [0.1, 0.15) is 5.69 Å². The van der Waals surface area contributed by atoms with Gasteiger partial charge in [0, 0.05) is 0 Å². The van der Waals surface area contributed by atoms with Gasteiger partial charge in [-0.1, -0.05) is 0 Å². The smallest absolute Gasteiger partial charge is 0.224 e. The molecule has 12 heavy (non-hydrogen) atoms. The number of hydrogen-bond acceptors (Lipinski definition) is 7. The maximum atomic E-state index is 10.1. The Bertz CT molecular complexity index is 290. The molecule has 64 valence electrons. The number of anilines is 2. The quantitative estimate of drug-likeness (QED) is 0.399. The van der Waals surface area contributed by atoms with Gasteiger partial charge in [0.15, 0.2) is 5.82 Å². The maximum Gasteiger partial charge on any atom is 0.224 e. The van der Waals surface area contributed by atoms with Crippen LogP contribution in [0.15, 0.2) is 17.3 Å². The van der Waals surface area contributed by atoms with Crippen LogP contribution in [0.2, 0.25) is 0 Å². The molecule has 0 unspecified atom stereocenters. The van der Waals surface area contributed by atoms with Crippen LogP contribution in [0.1, 0.15) is 0 Å². The van der Waals surface area contributed by atoms with E-state index >= 15 is 0 Å². The van der Waals surface area contributed by atoms with Crippen LogP contribution < -0.4 is 11.0 Å². The van der Waals surface area contributed by atoms with Crippen molar-refractivity contribution in [3.05, 3.63) is 17.0 Å². The molecule has 0 saturated carbocycles. The van der Waals surface area contributed by atoms with E-state index in [9.17, 15) is 4.91 Å². The number of nitroso groups, excluding NO2 is 1. The number of rotatable bonds is 3. The van der Waals surface area contributed by atoms with E-state index in [0.29, 0.717) is 0 Å². The minimum absolute atomic E-state index is 0.0728. The molecule has 0 amide bonds. The standard InChI is InChI=1S/C5H6N4O3/c10-7-3-1-2-4(8-11)6-5(3)9-12/h1-2,7,10-11H,(H,6,8). The van der Waals surface area contributed by atoms with Crippen LogP contribution >= 0.6 is 0 Å². The third kappa shape index (κ3) is 1.47. The summed E-state index contributed by atoms with van der Waals surface area (Å²) in [5.74, 6) is -0.167. The fraction of sp³-hybridized carbons (Fsp3) is 0. The fourth-order valence-corrected chi connectivity index (χ4v) is 0.668. The van der Waals surface area contributed by atoms with Gasteiger partial charge in [-0.15, -0.1) is 4.91 Å². The lowest BCUT2D eigenvalue weighted by Gasteiger charge is -2.01. The SMILES string of the molecule is O=Nc1nc(NO)ccc1NO. The highest BCUT2D eigenvalue weighted by molar-refractivity contribution is 5.62. The molecule has 7 heteroatoms. The Labute approximate surface area is 66.9 Å². The van der Waals surface area contributed by atoms with Crippen molar-refractivity contribution in [2.24, 2.45) is 5.18 Å². The Morgan fingerprint density at radius 3 is 2.58 bits per heavy atom. The molecule has 7 nitrogen and oxygen atoms in total. The average molecular weight is 170 g/mol. The Hall–Kier alpha value is -1.73. The lowest BCUT2D eigenvalue weighted by atomic mass is 10.4. The highest BCUT2D eigenvalue weighted by atomic mass is 16.5. The van der Waals surface area contributed by atoms with Crippen LogP contribution in [0, 0.1) is 4.91 Å². The molecule has 0 spiro atoms. The van der Waals surface area contributed by atoms with Crippen molar-refractivity contribution in [1.29, 1.82) is 0 Å². The predicted octanol–water partition coefficient (Wildman–Crippen LogP) is 1.08. The van der Waals surface area contributed by atoms with E-state index in [4.69, 9.17) is 10.4 Å². The van der Waals surface area contributed by atoms with Crippen LogP contribution in [0.25, 0.3) is 0 Å². The molecular weight excluding hydrogens is 164 g/mol. The second-order valence-corrected chi connectivity index (χ2v) is 1.88. The highest BCUT2D eigenvalue weighted by Crippen LogP contribution is 2.22. The van der Waals surface area contributed by atoms with Gasteiger partial charge in [-0.05, 0) is 17.3 Å². The molecule has 0 atom stereocenters. The van der Waals surface area contributed by atoms with Gasteiger partial charge in [0.05, 0.1) is 0 Å². The molecule has 0 aliphatic rings. The second kappa shape index (κ2) is 3.60. The molecule has 1 aromatic heterocycles. The van der Waals surface area contributed by atoms with E-state index in [1.807, 2.05) is 0 Å². The van der Waals surface area contributed by atoms with E-state index in [-0.39, 0.29) is 17.3 Å². The summed E-state index contributed by atoms with van der Waals surface area (Å²) in [6, 6.07) is 2.69. The summed E-state index contributed by atoms with van der Waals surface area (Å²) in [6.07, 6.45) is 0. The molecule has 0 aliphatic carbocycles. The Balaban J connectivity index is 3.10. The lowest BCUT2D eigenvalue weighted by Crippen LogP contribution is -1.96. The topological polar surface area (TPSA) is 107 Å². The molecule has 1 aromatic rings. The molecule has 4 N–H and O–H groups in total. The van der Waals surface area contributed by atoms with Crippen LogP contribution in [0.5, 0.6) is 0 Å². The molecule has 0 aliphatic heterocycles. The summed E-state index contributed by atoms with van der Waals surface area (Å²) >= 11 is 0. The second-order valence-electron chi connectivity index (χ2n) is 1.88. The van der Waals surface area contributed by atoms with Crippen LogP contribution in [0.3, 0.4) is 0 Å². The van der Waals surface area contributed by atoms with Gasteiger partial charge < -0.3 is 0 Å². The van der Waals surface area contributed by atoms with Crippen molar-refractivity contribution in [3.63, 3.8) is 0 Å². The molecule has 0 fully saturated rings. The summed E-state index contributed by atoms with van der Waals surface area (Å²) in [6.45, 7) is 0. The van der Waals surface area contributed by atoms with Crippen molar-refractivity contribution in [2.75, 3.05) is 11.0 Å². The number of pyridine rings is 1. The molecule has 0 radical (unpaired) electrons. The first kappa shape index (κ1) is 8.37. The highest BCUT2D eigenvalue weighted by Gasteiger charge is 2.04. The first-order valence-electron chi connectivity index (χ1n) is 2.96. The van der Waals surface area contributed by atoms with Gasteiger partial charge in [0.2, 0.25) is 5.82 Å². The molecule has 1 rings (SSSR count). The van der Waals surface area contributed by atoms with Gasteiger partial charge in [0.25, 0.3) is 0 Å². The summed E-state index contributed by atoms with van der Waals surface area (Å²) in [4.78, 5) is 13.6. The average Bonchev–Trinajstić information content (AvgIpc) is 2.16. The normalized spacial score (nSPS) is 9.17. The number of hydrogen-bond donors (Lipinski definition) is 4. The maximum absolute atomic E-state index is 10.1. The molecule has 0 saturated heterocycles. The van der Waals surface area contributed by atoms with Gasteiger partial charge in [-0.2, -0.15) is 0 Å². The molecule has 0 aromatic carbocycles. The monoisotopic (exact) mass is 170 g/mol. The minimum Gasteiger partial charge on any atom is -0.291 e. The van der Waals surface area contributed by atoms with Crippen molar-refractivity contribution in [2.45, 2.75) is 0 Å². The fourth-order valence-electron chi connectivity index (χ4n) is 0.668. The zero-order chi connectivity index (χ0) is 8.97. The van der Waals surface area contributed by atoms with E-state index < -0.39 is 0 Å². The largest absolute Gasteiger partial charge is 0.291 e. The Morgan fingerprint density at radius 2 is 2.08 bits per heavy atom. The Morgan fingerprint density at radius 1 is 1.33 bits per heavy atom. The van der Waals surface area contributed by atoms with Gasteiger partial charge in [-0.3, -0.25) is 21.4 Å². The zero-order valence-corrected chi connectivity index (χ0v) is 5.85. The Kier molecular flexibility index (Phi) is 2.51. The summed E-state index contributed by atoms with van der Waals surface area (Å²) in [5.41, 5.74) is 3.54. The number of nitrogens with one attached hydrogen (secondary N) is 2. The van der Waals surface area contributed by atoms with Gasteiger partial charge in [-0.25, -0.2) is 4.98 Å². The van der Waals surface area contributed by atoms with Crippen LogP contribution in [-0.4, -0.2) is 15.4 Å². The predicted molar refractivity (Wildman–Crippen MR) is 40.5 cm³/mol. The summed E-state index contributed by atoms with van der Waals surface area (Å²) in [7, 11) is 0. The number of aromatic nitrogens is 1. The first-order chi connectivity index (χ1) is 5.81. The third-order valence-electron chi connectivity index (χ3n) is 1.20. The van der Waals surface area contributed by atoms with Gasteiger partial charge >= 0.3 is 0 Å². The molecule has 0 bridgehead atoms. The van der Waals surface area contributed by atoms with E-state index in [1.54, 1.807) is 11.0 Å². The van der Waals surface area contributed by atoms with Crippen LogP contribution in [0.4, 0.5) is 17.3 Å². The molecular formula is C5H6N4O3.